The molecule has 25 nitrogen and oxygen atoms in total. The number of carbonyl (C=O) groups excluding carboxylic acids is 6. The predicted molar refractivity (Wildman–Crippen MR) is 273 cm³/mol. The van der Waals surface area contributed by atoms with Gasteiger partial charge >= 0.3 is 0 Å². The van der Waals surface area contributed by atoms with Gasteiger partial charge in [0.2, 0.25) is 35.4 Å². The SMILES string of the molecule is NC(=O)[C@H](CCCN=C(N)N)NC(=O)[C@H](CCCN=C(N)N)NC(=O)[C@H](CCCN=C(N)N)NC(=O)[C@H](CCCCNC(=O)[C@@H](N)Cc1c[nH]c2ccccc12)NC(=O)[C@@H](N)Cc1c[nH]c2ccccc12. The molecule has 0 saturated carbocycles. The van der Waals surface area contributed by atoms with Gasteiger partial charge < -0.3 is 88.2 Å². The number of hydrogen-bond acceptors (Lipinski definition) is 11. The van der Waals surface area contributed by atoms with Gasteiger partial charge in [0.05, 0.1) is 12.1 Å². The van der Waals surface area contributed by atoms with Crippen molar-refractivity contribution in [3.05, 3.63) is 72.1 Å². The van der Waals surface area contributed by atoms with E-state index in [4.69, 9.17) is 51.6 Å². The summed E-state index contributed by atoms with van der Waals surface area (Å²) in [6, 6.07) is 8.43. The van der Waals surface area contributed by atoms with Crippen LogP contribution in [0.4, 0.5) is 0 Å². The molecule has 6 amide bonds. The first-order chi connectivity index (χ1) is 33.9. The zero-order chi connectivity index (χ0) is 51.9. The van der Waals surface area contributed by atoms with Crippen LogP contribution < -0.4 is 78.2 Å². The Labute approximate surface area is 411 Å². The van der Waals surface area contributed by atoms with Gasteiger partial charge in [0.1, 0.15) is 24.2 Å². The highest BCUT2D eigenvalue weighted by molar-refractivity contribution is 5.96. The van der Waals surface area contributed by atoms with Gasteiger partial charge in [-0.3, -0.25) is 43.7 Å². The molecule has 2 aromatic carbocycles. The molecule has 0 radical (unpaired) electrons. The van der Waals surface area contributed by atoms with Gasteiger partial charge in [-0.2, -0.15) is 0 Å². The van der Waals surface area contributed by atoms with Crippen LogP contribution in [0.3, 0.4) is 0 Å². The molecular formula is C46H71N19O6. The van der Waals surface area contributed by atoms with Gasteiger partial charge in [-0.25, -0.2) is 0 Å². The third kappa shape index (κ3) is 18.8. The largest absolute Gasteiger partial charge is 0.370 e. The number of aromatic nitrogens is 2. The van der Waals surface area contributed by atoms with E-state index in [0.717, 1.165) is 32.9 Å². The molecular weight excluding hydrogens is 915 g/mol. The summed E-state index contributed by atoms with van der Waals surface area (Å²) in [5.74, 6) is -4.58. The smallest absolute Gasteiger partial charge is 0.243 e. The number of unbranched alkanes of at least 4 members (excludes halogenated alkanes) is 1. The van der Waals surface area contributed by atoms with E-state index in [1.807, 2.05) is 54.7 Å². The van der Waals surface area contributed by atoms with Crippen molar-refractivity contribution in [1.82, 2.24) is 36.6 Å². The summed E-state index contributed by atoms with van der Waals surface area (Å²) in [4.78, 5) is 99.7. The van der Waals surface area contributed by atoms with Crippen molar-refractivity contribution in [3.8, 4) is 0 Å². The summed E-state index contributed by atoms with van der Waals surface area (Å²) < 4.78 is 0. The molecule has 0 spiro atoms. The molecule has 2 aromatic heterocycles. The van der Waals surface area contributed by atoms with Gasteiger partial charge in [0.15, 0.2) is 17.9 Å². The highest BCUT2D eigenvalue weighted by Crippen LogP contribution is 2.20. The maximum absolute atomic E-state index is 14.3. The first-order valence-corrected chi connectivity index (χ1v) is 23.5. The first-order valence-electron chi connectivity index (χ1n) is 23.5. The Bertz CT molecular complexity index is 2490. The second kappa shape index (κ2) is 28.5. The third-order valence-electron chi connectivity index (χ3n) is 11.5. The second-order valence-electron chi connectivity index (χ2n) is 17.1. The number of amides is 6. The molecule has 0 saturated heterocycles. The molecule has 2 heterocycles. The van der Waals surface area contributed by atoms with Crippen molar-refractivity contribution in [3.63, 3.8) is 0 Å². The standard InChI is InChI=1S/C46H71N19O6/c47-30(22-26-24-60-32-12-3-1-10-28(26)32)39(67)56-18-6-5-14-35(63-40(68)31(48)23-27-25-61-33-13-4-2-11-29(27)33)42(70)65-37(17-9-21-59-46(54)55)43(71)64-36(16-8-20-58-45(52)53)41(69)62-34(38(49)66)15-7-19-57-44(50)51/h1-4,10-13,24-25,30-31,34-37,60-61H,5-9,14-23,47-48H2,(H2,49,66)(H,56,67)(H,62,69)(H,63,68)(H,64,71)(H,65,70)(H4,50,51,57)(H4,52,53,58)(H4,54,55,59)/t30-,31-,34-,35-,36-,37-/m0/s1. The fourth-order valence-corrected chi connectivity index (χ4v) is 7.77. The Balaban J connectivity index is 1.51. The highest BCUT2D eigenvalue weighted by atomic mass is 16.2. The van der Waals surface area contributed by atoms with Crippen LogP contribution in [0, 0.1) is 0 Å². The van der Waals surface area contributed by atoms with Crippen LogP contribution in [0.25, 0.3) is 21.8 Å². The fourth-order valence-electron chi connectivity index (χ4n) is 7.77. The molecule has 0 aliphatic heterocycles. The predicted octanol–water partition coefficient (Wildman–Crippen LogP) is -3.04. The lowest BCUT2D eigenvalue weighted by Gasteiger charge is -2.27. The van der Waals surface area contributed by atoms with Crippen LogP contribution in [0.2, 0.25) is 0 Å². The summed E-state index contributed by atoms with van der Waals surface area (Å²) in [6.07, 6.45) is 5.63. The number of rotatable bonds is 31. The summed E-state index contributed by atoms with van der Waals surface area (Å²) in [6.45, 7) is 0.574. The summed E-state index contributed by atoms with van der Waals surface area (Å²) >= 11 is 0. The van der Waals surface area contributed by atoms with Gasteiger partial charge in [0, 0.05) is 60.4 Å². The van der Waals surface area contributed by atoms with E-state index in [1.165, 1.54) is 0 Å². The molecule has 0 bridgehead atoms. The van der Waals surface area contributed by atoms with E-state index < -0.39 is 65.8 Å². The summed E-state index contributed by atoms with van der Waals surface area (Å²) in [7, 11) is 0. The molecule has 4 aromatic rings. The number of para-hydroxylation sites is 2. The van der Waals surface area contributed by atoms with Crippen LogP contribution >= 0.6 is 0 Å². The quantitative estimate of drug-likeness (QED) is 0.0136. The molecule has 4 rings (SSSR count). The van der Waals surface area contributed by atoms with Crippen LogP contribution in [0.15, 0.2) is 75.9 Å². The zero-order valence-electron chi connectivity index (χ0n) is 39.8. The van der Waals surface area contributed by atoms with Crippen LogP contribution in [-0.2, 0) is 41.6 Å². The first kappa shape index (κ1) is 55.7. The van der Waals surface area contributed by atoms with Gasteiger partial charge in [-0.1, -0.05) is 36.4 Å². The Hall–Kier alpha value is -7.93. The highest BCUT2D eigenvalue weighted by Gasteiger charge is 2.32. The molecule has 25 N–H and O–H groups in total. The Morgan fingerprint density at radius 2 is 0.831 bits per heavy atom. The van der Waals surface area contributed by atoms with Crippen molar-refractivity contribution < 1.29 is 28.8 Å². The van der Waals surface area contributed by atoms with E-state index in [0.29, 0.717) is 19.3 Å². The van der Waals surface area contributed by atoms with E-state index in [1.54, 1.807) is 6.20 Å². The molecule has 0 aliphatic carbocycles. The Morgan fingerprint density at radius 3 is 1.25 bits per heavy atom. The van der Waals surface area contributed by atoms with Crippen molar-refractivity contribution in [2.24, 2.45) is 66.6 Å². The van der Waals surface area contributed by atoms with Crippen LogP contribution in [0.5, 0.6) is 0 Å². The number of fused-ring (bicyclic) bond motifs is 2. The number of H-pyrrole nitrogens is 2. The average molecular weight is 986 g/mol. The number of primary amides is 1. The number of aromatic amines is 2. The maximum Gasteiger partial charge on any atom is 0.243 e. The van der Waals surface area contributed by atoms with Crippen molar-refractivity contribution in [1.29, 1.82) is 0 Å². The number of hydrogen-bond donors (Lipinski definition) is 16. The van der Waals surface area contributed by atoms with Crippen molar-refractivity contribution >= 4 is 75.1 Å². The minimum Gasteiger partial charge on any atom is -0.370 e. The number of aliphatic imine (C=N–C) groups is 3. The number of carbonyl (C=O) groups is 6. The van der Waals surface area contributed by atoms with Crippen LogP contribution in [0.1, 0.15) is 68.9 Å². The Morgan fingerprint density at radius 1 is 0.465 bits per heavy atom. The number of nitrogens with two attached hydrogens (primary N) is 9. The van der Waals surface area contributed by atoms with Gasteiger partial charge in [0.25, 0.3) is 0 Å². The number of nitrogens with zero attached hydrogens (tertiary/aromatic N) is 3. The van der Waals surface area contributed by atoms with Gasteiger partial charge in [-0.15, -0.1) is 0 Å². The van der Waals surface area contributed by atoms with Crippen LogP contribution in [-0.4, -0.2) is 126 Å². The summed E-state index contributed by atoms with van der Waals surface area (Å²) in [5.41, 5.74) is 54.7. The molecule has 25 heteroatoms. The zero-order valence-corrected chi connectivity index (χ0v) is 39.8. The number of nitrogens with one attached hydrogen (secondary N) is 7. The maximum atomic E-state index is 14.3. The lowest BCUT2D eigenvalue weighted by Crippen LogP contribution is -2.58. The average Bonchev–Trinajstić information content (AvgIpc) is 3.94. The van der Waals surface area contributed by atoms with Gasteiger partial charge in [-0.05, 0) is 93.9 Å². The molecule has 0 unspecified atom stereocenters. The minimum atomic E-state index is -1.30. The summed E-state index contributed by atoms with van der Waals surface area (Å²) in [5, 5.41) is 15.5. The van der Waals surface area contributed by atoms with E-state index in [-0.39, 0.29) is 101 Å². The fraction of sp³-hybridized carbons (Fsp3) is 0.457. The van der Waals surface area contributed by atoms with Crippen molar-refractivity contribution in [2.45, 2.75) is 107 Å². The van der Waals surface area contributed by atoms with Crippen molar-refractivity contribution in [2.75, 3.05) is 26.2 Å². The normalized spacial score (nSPS) is 13.6. The molecule has 0 fully saturated rings. The molecule has 71 heavy (non-hydrogen) atoms. The third-order valence-corrected chi connectivity index (χ3v) is 11.5. The van der Waals surface area contributed by atoms with E-state index in [9.17, 15) is 28.8 Å². The second-order valence-corrected chi connectivity index (χ2v) is 17.1. The molecule has 0 aliphatic rings. The number of guanidine groups is 3. The lowest BCUT2D eigenvalue weighted by atomic mass is 10.0. The number of benzene rings is 2. The topological polar surface area (TPSA) is 465 Å². The van der Waals surface area contributed by atoms with E-state index in [2.05, 4.69) is 51.5 Å². The lowest BCUT2D eigenvalue weighted by molar-refractivity contribution is -0.134. The minimum absolute atomic E-state index is 0.0000279. The molecule has 386 valence electrons. The Kier molecular flexibility index (Phi) is 22.4. The molecule has 6 atom stereocenters. The van der Waals surface area contributed by atoms with E-state index >= 15 is 0 Å². The monoisotopic (exact) mass is 986 g/mol.